The molecule has 7 heteroatoms. The molecule has 1 fully saturated rings. The molecule has 1 aliphatic carbocycles. The molecule has 2 N–H and O–H groups in total. The van der Waals surface area contributed by atoms with Crippen LogP contribution in [0.15, 0.2) is 36.7 Å². The lowest BCUT2D eigenvalue weighted by atomic mass is 10.3. The largest absolute Gasteiger partial charge is 0.359 e. The molecule has 0 radical (unpaired) electrons. The van der Waals surface area contributed by atoms with Crippen LogP contribution in [0.1, 0.15) is 31.4 Å². The SMILES string of the molecule is Cc1nc(NC2CCCC2)sc1-c1ccnc(Nc2ccccn2)n1. The maximum Gasteiger partial charge on any atom is 0.228 e. The Morgan fingerprint density at radius 1 is 1.04 bits per heavy atom. The van der Waals surface area contributed by atoms with Gasteiger partial charge >= 0.3 is 0 Å². The van der Waals surface area contributed by atoms with Gasteiger partial charge in [-0.1, -0.05) is 30.2 Å². The van der Waals surface area contributed by atoms with Crippen LogP contribution < -0.4 is 10.6 Å². The Balaban J connectivity index is 1.55. The summed E-state index contributed by atoms with van der Waals surface area (Å²) in [6.07, 6.45) is 8.59. The molecular weight excluding hydrogens is 332 g/mol. The summed E-state index contributed by atoms with van der Waals surface area (Å²) in [5, 5.41) is 7.68. The van der Waals surface area contributed by atoms with Crippen molar-refractivity contribution in [1.29, 1.82) is 0 Å². The summed E-state index contributed by atoms with van der Waals surface area (Å²) >= 11 is 1.66. The third kappa shape index (κ3) is 3.76. The van der Waals surface area contributed by atoms with Crippen molar-refractivity contribution >= 4 is 28.2 Å². The standard InChI is InChI=1S/C18H20N6S/c1-12-16(25-18(21-12)22-13-6-2-3-7-13)14-9-11-20-17(23-14)24-15-8-4-5-10-19-15/h4-5,8-11,13H,2-3,6-7H2,1H3,(H,21,22)(H,19,20,23,24). The number of nitrogens with zero attached hydrogens (tertiary/aromatic N) is 4. The molecule has 0 bridgehead atoms. The minimum atomic E-state index is 0.536. The van der Waals surface area contributed by atoms with Crippen LogP contribution in [0.2, 0.25) is 0 Å². The molecule has 4 rings (SSSR count). The van der Waals surface area contributed by atoms with Gasteiger partial charge in [0.15, 0.2) is 5.13 Å². The van der Waals surface area contributed by atoms with Crippen LogP contribution in [-0.2, 0) is 0 Å². The maximum absolute atomic E-state index is 4.68. The number of hydrogen-bond donors (Lipinski definition) is 2. The van der Waals surface area contributed by atoms with Crippen molar-refractivity contribution in [2.24, 2.45) is 0 Å². The normalized spacial score (nSPS) is 14.6. The minimum Gasteiger partial charge on any atom is -0.359 e. The van der Waals surface area contributed by atoms with E-state index in [9.17, 15) is 0 Å². The first kappa shape index (κ1) is 16.0. The molecule has 3 aromatic heterocycles. The zero-order valence-electron chi connectivity index (χ0n) is 14.1. The smallest absolute Gasteiger partial charge is 0.228 e. The highest BCUT2D eigenvalue weighted by Crippen LogP contribution is 2.33. The van der Waals surface area contributed by atoms with Crippen molar-refractivity contribution in [2.75, 3.05) is 10.6 Å². The number of nitrogens with one attached hydrogen (secondary N) is 2. The zero-order chi connectivity index (χ0) is 17.1. The van der Waals surface area contributed by atoms with Crippen molar-refractivity contribution in [1.82, 2.24) is 19.9 Å². The first-order valence-corrected chi connectivity index (χ1v) is 9.35. The number of aromatic nitrogens is 4. The molecule has 0 aromatic carbocycles. The van der Waals surface area contributed by atoms with Crippen LogP contribution in [-0.4, -0.2) is 26.0 Å². The molecule has 0 amide bonds. The molecule has 0 saturated heterocycles. The summed E-state index contributed by atoms with van der Waals surface area (Å²) in [5.41, 5.74) is 1.87. The van der Waals surface area contributed by atoms with Gasteiger partial charge in [0.1, 0.15) is 5.82 Å². The Morgan fingerprint density at radius 3 is 2.72 bits per heavy atom. The predicted molar refractivity (Wildman–Crippen MR) is 101 cm³/mol. The number of pyridine rings is 1. The first-order valence-electron chi connectivity index (χ1n) is 8.53. The van der Waals surface area contributed by atoms with E-state index in [1.807, 2.05) is 31.2 Å². The van der Waals surface area contributed by atoms with Gasteiger partial charge in [-0.05, 0) is 38.0 Å². The third-order valence-corrected chi connectivity index (χ3v) is 5.38. The maximum atomic E-state index is 4.68. The van der Waals surface area contributed by atoms with Gasteiger partial charge in [0, 0.05) is 18.4 Å². The van der Waals surface area contributed by atoms with Crippen molar-refractivity contribution in [3.05, 3.63) is 42.4 Å². The summed E-state index contributed by atoms with van der Waals surface area (Å²) in [6.45, 7) is 2.03. The predicted octanol–water partition coefficient (Wildman–Crippen LogP) is 4.40. The highest BCUT2D eigenvalue weighted by Gasteiger charge is 2.18. The van der Waals surface area contributed by atoms with Crippen LogP contribution in [0, 0.1) is 6.92 Å². The van der Waals surface area contributed by atoms with Crippen LogP contribution >= 0.6 is 11.3 Å². The van der Waals surface area contributed by atoms with Crippen molar-refractivity contribution in [3.8, 4) is 10.6 Å². The minimum absolute atomic E-state index is 0.536. The number of thiazole rings is 1. The van der Waals surface area contributed by atoms with Gasteiger partial charge in [-0.15, -0.1) is 0 Å². The molecule has 0 spiro atoms. The quantitative estimate of drug-likeness (QED) is 0.709. The topological polar surface area (TPSA) is 75.6 Å². The van der Waals surface area contributed by atoms with Crippen molar-refractivity contribution in [3.63, 3.8) is 0 Å². The average molecular weight is 352 g/mol. The third-order valence-electron chi connectivity index (χ3n) is 4.27. The van der Waals surface area contributed by atoms with Gasteiger partial charge in [0.05, 0.1) is 16.3 Å². The lowest BCUT2D eigenvalue weighted by molar-refractivity contribution is 0.754. The summed E-state index contributed by atoms with van der Waals surface area (Å²) in [7, 11) is 0. The Kier molecular flexibility index (Phi) is 4.56. The highest BCUT2D eigenvalue weighted by atomic mass is 32.1. The lowest BCUT2D eigenvalue weighted by Crippen LogP contribution is -2.13. The molecule has 6 nitrogen and oxygen atoms in total. The summed E-state index contributed by atoms with van der Waals surface area (Å²) in [5.74, 6) is 1.26. The fraction of sp³-hybridized carbons (Fsp3) is 0.333. The number of hydrogen-bond acceptors (Lipinski definition) is 7. The van der Waals surface area contributed by atoms with Crippen molar-refractivity contribution < 1.29 is 0 Å². The molecule has 3 heterocycles. The summed E-state index contributed by atoms with van der Waals surface area (Å²) in [6, 6.07) is 8.17. The van der Waals surface area contributed by atoms with Crippen LogP contribution in [0.4, 0.5) is 16.9 Å². The fourth-order valence-corrected chi connectivity index (χ4v) is 4.05. The Labute approximate surface area is 150 Å². The van der Waals surface area contributed by atoms with Crippen LogP contribution in [0.3, 0.4) is 0 Å². The highest BCUT2D eigenvalue weighted by molar-refractivity contribution is 7.19. The molecular formula is C18H20N6S. The first-order chi connectivity index (χ1) is 12.3. The Bertz CT molecular complexity index is 842. The van der Waals surface area contributed by atoms with Crippen LogP contribution in [0.25, 0.3) is 10.6 Å². The van der Waals surface area contributed by atoms with Crippen molar-refractivity contribution in [2.45, 2.75) is 38.6 Å². The second-order valence-electron chi connectivity index (χ2n) is 6.16. The van der Waals surface area contributed by atoms with E-state index < -0.39 is 0 Å². The van der Waals surface area contributed by atoms with Crippen LogP contribution in [0.5, 0.6) is 0 Å². The lowest BCUT2D eigenvalue weighted by Gasteiger charge is -2.09. The van der Waals surface area contributed by atoms with Gasteiger partial charge in [-0.2, -0.15) is 0 Å². The molecule has 1 saturated carbocycles. The van der Waals surface area contributed by atoms with E-state index in [0.717, 1.165) is 27.2 Å². The van der Waals surface area contributed by atoms with E-state index in [1.54, 1.807) is 23.7 Å². The molecule has 0 atom stereocenters. The fourth-order valence-electron chi connectivity index (χ4n) is 3.04. The zero-order valence-corrected chi connectivity index (χ0v) is 14.9. The van der Waals surface area contributed by atoms with E-state index in [0.29, 0.717) is 12.0 Å². The van der Waals surface area contributed by atoms with E-state index in [4.69, 9.17) is 0 Å². The monoisotopic (exact) mass is 352 g/mol. The second-order valence-corrected chi connectivity index (χ2v) is 7.16. The molecule has 25 heavy (non-hydrogen) atoms. The average Bonchev–Trinajstić information content (AvgIpc) is 3.26. The van der Waals surface area contributed by atoms with E-state index in [-0.39, 0.29) is 0 Å². The molecule has 128 valence electrons. The van der Waals surface area contributed by atoms with Gasteiger partial charge in [0.2, 0.25) is 5.95 Å². The molecule has 0 unspecified atom stereocenters. The van der Waals surface area contributed by atoms with Gasteiger partial charge < -0.3 is 10.6 Å². The summed E-state index contributed by atoms with van der Waals surface area (Å²) < 4.78 is 0. The van der Waals surface area contributed by atoms with Gasteiger partial charge in [-0.25, -0.2) is 19.9 Å². The Hall–Kier alpha value is -2.54. The van der Waals surface area contributed by atoms with E-state index >= 15 is 0 Å². The second kappa shape index (κ2) is 7.14. The number of aryl methyl sites for hydroxylation is 1. The number of rotatable bonds is 5. The van der Waals surface area contributed by atoms with E-state index in [2.05, 4.69) is 30.6 Å². The molecule has 1 aliphatic rings. The Morgan fingerprint density at radius 2 is 1.92 bits per heavy atom. The van der Waals surface area contributed by atoms with Gasteiger partial charge in [-0.3, -0.25) is 0 Å². The molecule has 3 aromatic rings. The van der Waals surface area contributed by atoms with Gasteiger partial charge in [0.25, 0.3) is 0 Å². The summed E-state index contributed by atoms with van der Waals surface area (Å²) in [4.78, 5) is 18.9. The molecule has 0 aliphatic heterocycles. The van der Waals surface area contributed by atoms with E-state index in [1.165, 1.54) is 25.7 Å². The number of anilines is 3.